The number of ketones is 1. The number of hydrogen-bond donors (Lipinski definition) is 0. The zero-order valence-electron chi connectivity index (χ0n) is 16.0. The summed E-state index contributed by atoms with van der Waals surface area (Å²) < 4.78 is 5.54. The van der Waals surface area contributed by atoms with Crippen molar-refractivity contribution in [1.82, 2.24) is 0 Å². The zero-order chi connectivity index (χ0) is 20.3. The van der Waals surface area contributed by atoms with Gasteiger partial charge in [-0.3, -0.25) is 14.6 Å². The number of allylic oxidation sites excluding steroid dienone is 2. The Bertz CT molecular complexity index is 850. The second kappa shape index (κ2) is 9.47. The number of aliphatic imine (C=N–C) groups is 1. The van der Waals surface area contributed by atoms with Crippen molar-refractivity contribution in [2.75, 3.05) is 18.1 Å². The summed E-state index contributed by atoms with van der Waals surface area (Å²) >= 11 is 14.0. The lowest BCUT2D eigenvalue weighted by Gasteiger charge is -2.34. The highest BCUT2D eigenvalue weighted by Crippen LogP contribution is 2.44. The smallest absolute Gasteiger partial charge is 0.315 e. The van der Waals surface area contributed by atoms with E-state index in [4.69, 9.17) is 27.9 Å². The number of rotatable bonds is 6. The molecule has 0 radical (unpaired) electrons. The predicted octanol–water partition coefficient (Wildman–Crippen LogP) is 5.47. The summed E-state index contributed by atoms with van der Waals surface area (Å²) in [5.74, 6) is 0.339. The molecule has 1 heterocycles. The molecule has 3 rings (SSSR count). The maximum atomic E-state index is 13.0. The van der Waals surface area contributed by atoms with Crippen LogP contribution in [0.3, 0.4) is 0 Å². The van der Waals surface area contributed by atoms with Gasteiger partial charge >= 0.3 is 5.97 Å². The quantitative estimate of drug-likeness (QED) is 0.435. The molecule has 0 bridgehead atoms. The predicted molar refractivity (Wildman–Crippen MR) is 116 cm³/mol. The number of carbonyl (C=O) groups excluding carboxylic acids is 2. The first-order valence-corrected chi connectivity index (χ1v) is 11.4. The van der Waals surface area contributed by atoms with Crippen LogP contribution < -0.4 is 0 Å². The average Bonchev–Trinajstić information content (AvgIpc) is 2.66. The van der Waals surface area contributed by atoms with Crippen LogP contribution in [0.15, 0.2) is 34.5 Å². The van der Waals surface area contributed by atoms with Gasteiger partial charge in [0.15, 0.2) is 5.78 Å². The number of nitrogens with zero attached hydrogens (tertiary/aromatic N) is 1. The van der Waals surface area contributed by atoms with Crippen LogP contribution in [0, 0.1) is 5.92 Å². The molecule has 1 aromatic rings. The summed E-state index contributed by atoms with van der Waals surface area (Å²) in [7, 11) is 0. The van der Waals surface area contributed by atoms with Gasteiger partial charge in [0.2, 0.25) is 0 Å². The largest absolute Gasteiger partial charge is 0.464 e. The summed E-state index contributed by atoms with van der Waals surface area (Å²) in [4.78, 5) is 30.4. The zero-order valence-corrected chi connectivity index (χ0v) is 18.3. The van der Waals surface area contributed by atoms with Gasteiger partial charge in [0.25, 0.3) is 0 Å². The molecule has 0 N–H and O–H groups in total. The number of carbonyl (C=O) groups is 2. The van der Waals surface area contributed by atoms with Crippen LogP contribution in [0.4, 0.5) is 0 Å². The number of hydrogen-bond acceptors (Lipinski definition) is 5. The normalized spacial score (nSPS) is 22.0. The topological polar surface area (TPSA) is 55.7 Å². The van der Waals surface area contributed by atoms with E-state index in [1.54, 1.807) is 23.9 Å². The Hall–Kier alpha value is -1.30. The summed E-state index contributed by atoms with van der Waals surface area (Å²) in [6, 6.07) is 5.28. The summed E-state index contributed by atoms with van der Waals surface area (Å²) in [6.07, 6.45) is 2.00. The van der Waals surface area contributed by atoms with E-state index in [0.717, 1.165) is 35.6 Å². The number of ether oxygens (including phenoxy) is 1. The lowest BCUT2D eigenvalue weighted by atomic mass is 9.72. The Morgan fingerprint density at radius 3 is 2.79 bits per heavy atom. The van der Waals surface area contributed by atoms with Crippen molar-refractivity contribution in [3.63, 3.8) is 0 Å². The fourth-order valence-electron chi connectivity index (χ4n) is 3.81. The summed E-state index contributed by atoms with van der Waals surface area (Å²) in [5.41, 5.74) is 2.88. The Morgan fingerprint density at radius 2 is 2.07 bits per heavy atom. The molecule has 150 valence electrons. The van der Waals surface area contributed by atoms with Crippen molar-refractivity contribution in [2.24, 2.45) is 10.9 Å². The third-order valence-corrected chi connectivity index (χ3v) is 6.67. The van der Waals surface area contributed by atoms with Gasteiger partial charge in [0.1, 0.15) is 12.5 Å². The fraction of sp³-hybridized carbons (Fsp3) is 0.476. The minimum absolute atomic E-state index is 0.0490. The van der Waals surface area contributed by atoms with Gasteiger partial charge in [0, 0.05) is 35.1 Å². The first-order chi connectivity index (χ1) is 13.4. The third-order valence-electron chi connectivity index (χ3n) is 5.07. The van der Waals surface area contributed by atoms with Crippen molar-refractivity contribution < 1.29 is 14.3 Å². The number of esters is 1. The Kier molecular flexibility index (Phi) is 7.24. The molecule has 7 heteroatoms. The number of Topliss-reactive ketones (excluding diaryl/α,β-unsaturated/α-hetero) is 1. The van der Waals surface area contributed by atoms with Crippen LogP contribution >= 0.6 is 35.0 Å². The second-order valence-corrected chi connectivity index (χ2v) is 9.09. The highest BCUT2D eigenvalue weighted by Gasteiger charge is 2.43. The Labute approximate surface area is 179 Å². The maximum absolute atomic E-state index is 13.0. The van der Waals surface area contributed by atoms with Crippen molar-refractivity contribution in [1.29, 1.82) is 0 Å². The molecule has 1 unspecified atom stereocenters. The van der Waals surface area contributed by atoms with E-state index in [-0.39, 0.29) is 11.8 Å². The van der Waals surface area contributed by atoms with Gasteiger partial charge in [-0.2, -0.15) is 11.8 Å². The second-order valence-electron chi connectivity index (χ2n) is 6.88. The van der Waals surface area contributed by atoms with Gasteiger partial charge in [0.05, 0.1) is 10.0 Å². The number of thioether (sulfide) groups is 1. The van der Waals surface area contributed by atoms with Gasteiger partial charge in [-0.05, 0) is 43.2 Å². The van der Waals surface area contributed by atoms with Gasteiger partial charge in [-0.25, -0.2) is 0 Å². The summed E-state index contributed by atoms with van der Waals surface area (Å²) in [5, 5.41) is 0.836. The molecule has 2 atom stereocenters. The fourth-order valence-corrected chi connectivity index (χ4v) is 4.61. The maximum Gasteiger partial charge on any atom is 0.315 e. The van der Waals surface area contributed by atoms with E-state index < -0.39 is 11.8 Å². The van der Waals surface area contributed by atoms with Crippen LogP contribution in [0.2, 0.25) is 10.0 Å². The number of halogens is 2. The van der Waals surface area contributed by atoms with E-state index in [1.165, 1.54) is 0 Å². The molecule has 28 heavy (non-hydrogen) atoms. The minimum Gasteiger partial charge on any atom is -0.464 e. The molecular weight excluding hydrogens is 417 g/mol. The van der Waals surface area contributed by atoms with Crippen molar-refractivity contribution in [3.8, 4) is 0 Å². The van der Waals surface area contributed by atoms with E-state index >= 15 is 0 Å². The van der Waals surface area contributed by atoms with E-state index in [2.05, 4.69) is 11.9 Å². The molecule has 0 spiro atoms. The molecule has 1 aliphatic heterocycles. The third kappa shape index (κ3) is 4.47. The number of benzene rings is 1. The van der Waals surface area contributed by atoms with Gasteiger partial charge in [-0.15, -0.1) is 0 Å². The standard InChI is InChI=1S/C21H23Cl2NO3S/c1-3-28-10-9-27-21(26)18-12(2)24-16-5-4-6-17(25)20(16)19(18)13-7-8-14(22)15(23)11-13/h7-8,11,18-19H,3-6,9-10H2,1-2H3/t18?,19-/m1/s1. The SMILES string of the molecule is CCSCCOC(=O)C1C(C)=NC2=C(C(=O)CCC2)[C@@H]1c1ccc(Cl)c(Cl)c1. The van der Waals surface area contributed by atoms with E-state index in [0.29, 0.717) is 34.4 Å². The molecule has 1 aromatic carbocycles. The highest BCUT2D eigenvalue weighted by atomic mass is 35.5. The van der Waals surface area contributed by atoms with Gasteiger partial charge in [-0.1, -0.05) is 36.2 Å². The van der Waals surface area contributed by atoms with Crippen LogP contribution in [0.5, 0.6) is 0 Å². The highest BCUT2D eigenvalue weighted by molar-refractivity contribution is 7.99. The first kappa shape index (κ1) is 21.4. The van der Waals surface area contributed by atoms with Crippen LogP contribution in [0.25, 0.3) is 0 Å². The Balaban J connectivity index is 2.00. The van der Waals surface area contributed by atoms with Gasteiger partial charge < -0.3 is 4.74 Å². The van der Waals surface area contributed by atoms with Crippen molar-refractivity contribution in [3.05, 3.63) is 45.1 Å². The van der Waals surface area contributed by atoms with E-state index in [1.807, 2.05) is 13.0 Å². The molecule has 0 saturated carbocycles. The molecule has 1 aliphatic carbocycles. The molecule has 4 nitrogen and oxygen atoms in total. The molecule has 0 aromatic heterocycles. The summed E-state index contributed by atoms with van der Waals surface area (Å²) in [6.45, 7) is 4.24. The lowest BCUT2D eigenvalue weighted by molar-refractivity contribution is -0.145. The van der Waals surface area contributed by atoms with Crippen molar-refractivity contribution in [2.45, 2.75) is 39.0 Å². The van der Waals surface area contributed by atoms with Crippen LogP contribution in [-0.2, 0) is 14.3 Å². The first-order valence-electron chi connectivity index (χ1n) is 9.44. The van der Waals surface area contributed by atoms with Crippen LogP contribution in [-0.4, -0.2) is 35.6 Å². The lowest BCUT2D eigenvalue weighted by Crippen LogP contribution is -2.37. The minimum atomic E-state index is -0.635. The molecule has 0 fully saturated rings. The monoisotopic (exact) mass is 439 g/mol. The van der Waals surface area contributed by atoms with Crippen molar-refractivity contribution >= 4 is 52.4 Å². The van der Waals surface area contributed by atoms with Crippen LogP contribution in [0.1, 0.15) is 44.6 Å². The molecular formula is C21H23Cl2NO3S. The molecule has 0 saturated heterocycles. The molecule has 0 amide bonds. The average molecular weight is 440 g/mol. The Morgan fingerprint density at radius 1 is 1.29 bits per heavy atom. The van der Waals surface area contributed by atoms with E-state index in [9.17, 15) is 9.59 Å². The molecule has 2 aliphatic rings.